The van der Waals surface area contributed by atoms with Gasteiger partial charge in [0.25, 0.3) is 0 Å². The highest BCUT2D eigenvalue weighted by molar-refractivity contribution is 5.89. The zero-order valence-corrected chi connectivity index (χ0v) is 16.0. The number of carbonyl (C=O) groups excluding carboxylic acids is 1. The third kappa shape index (κ3) is 3.14. The van der Waals surface area contributed by atoms with Gasteiger partial charge in [0.05, 0.1) is 19.4 Å². The highest BCUT2D eigenvalue weighted by Crippen LogP contribution is 2.43. The Morgan fingerprint density at radius 3 is 2.62 bits per heavy atom. The number of fused-ring (bicyclic) bond motifs is 3. The number of rotatable bonds is 3. The molecule has 5 heteroatoms. The SMILES string of the molecule is CCOC(=O)c1cn2c(cc1=O)-c1cc(OC)ccc1C[C@H]2C(C)(C)C. The summed E-state index contributed by atoms with van der Waals surface area (Å²) >= 11 is 0. The van der Waals surface area contributed by atoms with Crippen LogP contribution in [-0.4, -0.2) is 24.3 Å². The molecule has 138 valence electrons. The van der Waals surface area contributed by atoms with Gasteiger partial charge in [0.2, 0.25) is 0 Å². The second-order valence-corrected chi connectivity index (χ2v) is 7.67. The molecule has 2 aromatic rings. The molecule has 1 aliphatic heterocycles. The monoisotopic (exact) mass is 355 g/mol. The van der Waals surface area contributed by atoms with Gasteiger partial charge in [-0.25, -0.2) is 4.79 Å². The van der Waals surface area contributed by atoms with Gasteiger partial charge in [0.15, 0.2) is 5.43 Å². The Balaban J connectivity index is 2.25. The van der Waals surface area contributed by atoms with E-state index in [2.05, 4.69) is 31.4 Å². The molecule has 0 bridgehead atoms. The number of carbonyl (C=O) groups is 1. The van der Waals surface area contributed by atoms with E-state index < -0.39 is 5.97 Å². The van der Waals surface area contributed by atoms with Gasteiger partial charge in [-0.2, -0.15) is 0 Å². The average molecular weight is 355 g/mol. The fourth-order valence-electron chi connectivity index (χ4n) is 3.51. The number of pyridine rings is 1. The first kappa shape index (κ1) is 18.2. The molecule has 1 aromatic carbocycles. The molecule has 0 saturated heterocycles. The predicted molar refractivity (Wildman–Crippen MR) is 101 cm³/mol. The maximum atomic E-state index is 12.6. The average Bonchev–Trinajstić information content (AvgIpc) is 2.59. The van der Waals surface area contributed by atoms with Crippen molar-refractivity contribution in [2.24, 2.45) is 5.41 Å². The van der Waals surface area contributed by atoms with Gasteiger partial charge in [-0.1, -0.05) is 26.8 Å². The van der Waals surface area contributed by atoms with Crippen LogP contribution in [0.1, 0.15) is 49.7 Å². The summed E-state index contributed by atoms with van der Waals surface area (Å²) in [5, 5.41) is 0. The largest absolute Gasteiger partial charge is 0.497 e. The Bertz CT molecular complexity index is 905. The summed E-state index contributed by atoms with van der Waals surface area (Å²) in [4.78, 5) is 24.8. The summed E-state index contributed by atoms with van der Waals surface area (Å²) in [6.45, 7) is 8.46. The Hall–Kier alpha value is -2.56. The first-order valence-corrected chi connectivity index (χ1v) is 8.87. The van der Waals surface area contributed by atoms with Crippen LogP contribution in [0.5, 0.6) is 5.75 Å². The van der Waals surface area contributed by atoms with Crippen molar-refractivity contribution < 1.29 is 14.3 Å². The van der Waals surface area contributed by atoms with Crippen LogP contribution in [0, 0.1) is 5.41 Å². The van der Waals surface area contributed by atoms with Crippen LogP contribution < -0.4 is 10.2 Å². The van der Waals surface area contributed by atoms with Crippen molar-refractivity contribution in [2.45, 2.75) is 40.2 Å². The van der Waals surface area contributed by atoms with E-state index in [4.69, 9.17) is 9.47 Å². The Labute approximate surface area is 153 Å². The highest BCUT2D eigenvalue weighted by atomic mass is 16.5. The molecule has 0 unspecified atom stereocenters. The molecule has 2 heterocycles. The summed E-state index contributed by atoms with van der Waals surface area (Å²) in [6, 6.07) is 7.61. The van der Waals surface area contributed by atoms with E-state index in [0.717, 1.165) is 23.4 Å². The standard InChI is InChI=1S/C21H25NO4/c1-6-26-20(24)16-12-22-17(11-18(16)23)15-10-14(25-5)8-7-13(15)9-19(22)21(2,3)4/h7-8,10-12,19H,6,9H2,1-5H3/t19-/m0/s1. The maximum absolute atomic E-state index is 12.6. The van der Waals surface area contributed by atoms with Gasteiger partial charge in [-0.05, 0) is 36.5 Å². The van der Waals surface area contributed by atoms with Crippen molar-refractivity contribution >= 4 is 5.97 Å². The van der Waals surface area contributed by atoms with E-state index in [0.29, 0.717) is 0 Å². The molecule has 5 nitrogen and oxygen atoms in total. The van der Waals surface area contributed by atoms with E-state index in [1.54, 1.807) is 26.3 Å². The van der Waals surface area contributed by atoms with E-state index in [-0.39, 0.29) is 29.1 Å². The van der Waals surface area contributed by atoms with Crippen LogP contribution in [0.15, 0.2) is 35.3 Å². The Morgan fingerprint density at radius 2 is 2.00 bits per heavy atom. The minimum Gasteiger partial charge on any atom is -0.497 e. The fourth-order valence-corrected chi connectivity index (χ4v) is 3.51. The molecular weight excluding hydrogens is 330 g/mol. The van der Waals surface area contributed by atoms with Gasteiger partial charge >= 0.3 is 5.97 Å². The van der Waals surface area contributed by atoms with Crippen molar-refractivity contribution in [3.05, 3.63) is 51.8 Å². The molecule has 0 fully saturated rings. The lowest BCUT2D eigenvalue weighted by Gasteiger charge is -2.39. The summed E-state index contributed by atoms with van der Waals surface area (Å²) in [5.74, 6) is 0.170. The minimum atomic E-state index is -0.572. The highest BCUT2D eigenvalue weighted by Gasteiger charge is 2.33. The number of nitrogens with zero attached hydrogens (tertiary/aromatic N) is 1. The van der Waals surface area contributed by atoms with Gasteiger partial charge in [-0.15, -0.1) is 0 Å². The lowest BCUT2D eigenvalue weighted by molar-refractivity contribution is 0.0523. The molecule has 0 radical (unpaired) electrons. The van der Waals surface area contributed by atoms with Crippen molar-refractivity contribution in [3.8, 4) is 17.0 Å². The molecule has 0 spiro atoms. The number of benzene rings is 1. The molecule has 1 aliphatic rings. The molecule has 3 rings (SSSR count). The van der Waals surface area contributed by atoms with E-state index in [9.17, 15) is 9.59 Å². The summed E-state index contributed by atoms with van der Waals surface area (Å²) in [5.41, 5.74) is 2.66. The van der Waals surface area contributed by atoms with Crippen molar-refractivity contribution in [1.82, 2.24) is 4.57 Å². The van der Waals surface area contributed by atoms with Crippen molar-refractivity contribution in [1.29, 1.82) is 0 Å². The molecule has 1 aromatic heterocycles. The first-order chi connectivity index (χ1) is 12.3. The first-order valence-electron chi connectivity index (χ1n) is 8.87. The lowest BCUT2D eigenvalue weighted by Crippen LogP contribution is -2.33. The number of hydrogen-bond donors (Lipinski definition) is 0. The van der Waals surface area contributed by atoms with Gasteiger partial charge < -0.3 is 14.0 Å². The normalized spacial score (nSPS) is 15.8. The molecular formula is C21H25NO4. The number of ether oxygens (including phenoxy) is 2. The maximum Gasteiger partial charge on any atom is 0.343 e. The second kappa shape index (κ2) is 6.63. The van der Waals surface area contributed by atoms with Crippen LogP contribution in [0.4, 0.5) is 0 Å². The third-order valence-corrected chi connectivity index (χ3v) is 4.92. The van der Waals surface area contributed by atoms with Crippen LogP contribution in [0.2, 0.25) is 0 Å². The van der Waals surface area contributed by atoms with Gasteiger partial charge in [0, 0.05) is 23.9 Å². The zero-order valence-electron chi connectivity index (χ0n) is 16.0. The minimum absolute atomic E-state index is 0.0482. The van der Waals surface area contributed by atoms with E-state index in [1.807, 2.05) is 12.1 Å². The van der Waals surface area contributed by atoms with E-state index in [1.165, 1.54) is 5.56 Å². The molecule has 0 amide bonds. The number of hydrogen-bond acceptors (Lipinski definition) is 4. The topological polar surface area (TPSA) is 57.5 Å². The predicted octanol–water partition coefficient (Wildman–Crippen LogP) is 3.84. The van der Waals surface area contributed by atoms with Crippen molar-refractivity contribution in [2.75, 3.05) is 13.7 Å². The Kier molecular flexibility index (Phi) is 4.65. The van der Waals surface area contributed by atoms with Crippen LogP contribution >= 0.6 is 0 Å². The zero-order chi connectivity index (χ0) is 19.1. The lowest BCUT2D eigenvalue weighted by atomic mass is 9.79. The van der Waals surface area contributed by atoms with Gasteiger partial charge in [-0.3, -0.25) is 4.79 Å². The second-order valence-electron chi connectivity index (χ2n) is 7.67. The van der Waals surface area contributed by atoms with Crippen LogP contribution in [0.25, 0.3) is 11.3 Å². The molecule has 26 heavy (non-hydrogen) atoms. The fraction of sp³-hybridized carbons (Fsp3) is 0.429. The Morgan fingerprint density at radius 1 is 1.27 bits per heavy atom. The number of methoxy groups -OCH3 is 1. The number of esters is 1. The molecule has 0 N–H and O–H groups in total. The van der Waals surface area contributed by atoms with E-state index >= 15 is 0 Å². The smallest absolute Gasteiger partial charge is 0.343 e. The molecule has 1 atom stereocenters. The van der Waals surface area contributed by atoms with Crippen LogP contribution in [0.3, 0.4) is 0 Å². The molecule has 0 saturated carbocycles. The third-order valence-electron chi connectivity index (χ3n) is 4.92. The van der Waals surface area contributed by atoms with Crippen molar-refractivity contribution in [3.63, 3.8) is 0 Å². The summed E-state index contributed by atoms with van der Waals surface area (Å²) < 4.78 is 12.5. The quantitative estimate of drug-likeness (QED) is 0.785. The summed E-state index contributed by atoms with van der Waals surface area (Å²) in [6.07, 6.45) is 2.48. The molecule has 0 aliphatic carbocycles. The number of aromatic nitrogens is 1. The summed E-state index contributed by atoms with van der Waals surface area (Å²) in [7, 11) is 1.62. The van der Waals surface area contributed by atoms with Gasteiger partial charge in [0.1, 0.15) is 11.3 Å². The van der Waals surface area contributed by atoms with Crippen LogP contribution in [-0.2, 0) is 11.2 Å².